The molecule has 2 N–H and O–H groups in total. The first-order valence-corrected chi connectivity index (χ1v) is 12.0. The maximum Gasteiger partial charge on any atom is 0.410 e. The summed E-state index contributed by atoms with van der Waals surface area (Å²) in [5.74, 6) is 0.0783. The Hall–Kier alpha value is -3.93. The summed E-state index contributed by atoms with van der Waals surface area (Å²) in [4.78, 5) is 33.8. The number of aromatic nitrogens is 6. The molecule has 4 heterocycles. The molecule has 1 saturated heterocycles. The smallest absolute Gasteiger partial charge is 0.410 e. The van der Waals surface area contributed by atoms with Gasteiger partial charge in [0.25, 0.3) is 0 Å². The Kier molecular flexibility index (Phi) is 6.12. The molecule has 0 spiro atoms. The van der Waals surface area contributed by atoms with Gasteiger partial charge < -0.3 is 15.4 Å². The zero-order chi connectivity index (χ0) is 25.4. The molecule has 0 aliphatic carbocycles. The highest BCUT2D eigenvalue weighted by molar-refractivity contribution is 5.89. The molecule has 1 aliphatic rings. The van der Waals surface area contributed by atoms with Crippen LogP contribution in [0, 0.1) is 0 Å². The molecule has 190 valence electrons. The fourth-order valence-electron chi connectivity index (χ4n) is 4.34. The largest absolute Gasteiger partial charge is 0.444 e. The van der Waals surface area contributed by atoms with Crippen LogP contribution in [-0.4, -0.2) is 83.2 Å². The highest BCUT2D eigenvalue weighted by atomic mass is 16.6. The summed E-state index contributed by atoms with van der Waals surface area (Å²) in [6.07, 6.45) is 1.41. The van der Waals surface area contributed by atoms with Crippen LogP contribution in [0.25, 0.3) is 16.7 Å². The molecule has 0 saturated carbocycles. The van der Waals surface area contributed by atoms with Gasteiger partial charge in [-0.15, -0.1) is 5.10 Å². The van der Waals surface area contributed by atoms with Crippen molar-refractivity contribution < 1.29 is 9.53 Å². The SMILES string of the molecule is CC(C)(C)OC(=O)N1CCN(CCn2ncc3c2nc(N)n2c(=O)n(Cc4ccccc4)nc32)CC1. The second-order valence-corrected chi connectivity index (χ2v) is 9.97. The van der Waals surface area contributed by atoms with Crippen molar-refractivity contribution in [1.29, 1.82) is 0 Å². The van der Waals surface area contributed by atoms with Gasteiger partial charge in [-0.25, -0.2) is 23.4 Å². The van der Waals surface area contributed by atoms with E-state index in [0.29, 0.717) is 42.9 Å². The molecule has 1 aliphatic heterocycles. The van der Waals surface area contributed by atoms with Crippen LogP contribution in [0.15, 0.2) is 41.3 Å². The van der Waals surface area contributed by atoms with Crippen molar-refractivity contribution in [2.45, 2.75) is 39.5 Å². The summed E-state index contributed by atoms with van der Waals surface area (Å²) >= 11 is 0. The predicted octanol–water partition coefficient (Wildman–Crippen LogP) is 1.42. The molecular formula is C24H31N9O3. The third-order valence-corrected chi connectivity index (χ3v) is 6.17. The highest BCUT2D eigenvalue weighted by Crippen LogP contribution is 2.19. The fourth-order valence-corrected chi connectivity index (χ4v) is 4.34. The van der Waals surface area contributed by atoms with Crippen LogP contribution in [0.3, 0.4) is 0 Å². The van der Waals surface area contributed by atoms with Crippen LogP contribution in [0.4, 0.5) is 10.7 Å². The second kappa shape index (κ2) is 9.26. The average Bonchev–Trinajstić information content (AvgIpc) is 3.39. The van der Waals surface area contributed by atoms with Crippen LogP contribution in [0.1, 0.15) is 26.3 Å². The van der Waals surface area contributed by atoms with E-state index in [2.05, 4.69) is 20.1 Å². The maximum absolute atomic E-state index is 13.0. The molecule has 1 fully saturated rings. The topological polar surface area (TPSA) is 129 Å². The lowest BCUT2D eigenvalue weighted by molar-refractivity contribution is 0.0142. The summed E-state index contributed by atoms with van der Waals surface area (Å²) in [5, 5.41) is 9.71. The minimum absolute atomic E-state index is 0.0783. The van der Waals surface area contributed by atoms with Crippen LogP contribution in [0.2, 0.25) is 0 Å². The van der Waals surface area contributed by atoms with Gasteiger partial charge >= 0.3 is 11.8 Å². The molecule has 1 aromatic carbocycles. The van der Waals surface area contributed by atoms with Crippen molar-refractivity contribution in [3.8, 4) is 0 Å². The lowest BCUT2D eigenvalue weighted by Gasteiger charge is -2.35. The van der Waals surface area contributed by atoms with E-state index in [-0.39, 0.29) is 17.7 Å². The quantitative estimate of drug-likeness (QED) is 0.442. The van der Waals surface area contributed by atoms with Crippen molar-refractivity contribution in [2.24, 2.45) is 0 Å². The summed E-state index contributed by atoms with van der Waals surface area (Å²) < 4.78 is 9.97. The second-order valence-electron chi connectivity index (χ2n) is 9.97. The molecule has 1 amide bonds. The summed E-state index contributed by atoms with van der Waals surface area (Å²) in [6, 6.07) is 9.66. The fraction of sp³-hybridized carbons (Fsp3) is 0.458. The number of carbonyl (C=O) groups excluding carboxylic acids is 1. The van der Waals surface area contributed by atoms with Crippen molar-refractivity contribution in [1.82, 2.24) is 38.7 Å². The first-order valence-electron chi connectivity index (χ1n) is 12.0. The number of carbonyl (C=O) groups is 1. The maximum atomic E-state index is 13.0. The number of nitrogens with zero attached hydrogens (tertiary/aromatic N) is 8. The molecule has 36 heavy (non-hydrogen) atoms. The van der Waals surface area contributed by atoms with Gasteiger partial charge in [0.1, 0.15) is 5.60 Å². The van der Waals surface area contributed by atoms with E-state index < -0.39 is 5.60 Å². The molecule has 5 rings (SSSR count). The average molecular weight is 494 g/mol. The number of benzene rings is 1. The Morgan fingerprint density at radius 2 is 1.75 bits per heavy atom. The van der Waals surface area contributed by atoms with E-state index in [1.54, 1.807) is 15.8 Å². The number of piperazine rings is 1. The molecule has 12 heteroatoms. The van der Waals surface area contributed by atoms with Gasteiger partial charge in [-0.1, -0.05) is 30.3 Å². The molecule has 12 nitrogen and oxygen atoms in total. The van der Waals surface area contributed by atoms with Crippen molar-refractivity contribution in [3.05, 3.63) is 52.6 Å². The zero-order valence-corrected chi connectivity index (χ0v) is 20.8. The third-order valence-electron chi connectivity index (χ3n) is 6.17. The number of hydrogen-bond donors (Lipinski definition) is 1. The summed E-state index contributed by atoms with van der Waals surface area (Å²) in [5.41, 5.74) is 7.34. The molecule has 4 aromatic rings. The number of ether oxygens (including phenoxy) is 1. The Balaban J connectivity index is 1.29. The van der Waals surface area contributed by atoms with Gasteiger partial charge in [0.2, 0.25) is 5.95 Å². The number of hydrogen-bond acceptors (Lipinski definition) is 8. The summed E-state index contributed by atoms with van der Waals surface area (Å²) in [6.45, 7) is 10.00. The van der Waals surface area contributed by atoms with Crippen molar-refractivity contribution in [3.63, 3.8) is 0 Å². The Morgan fingerprint density at radius 3 is 2.44 bits per heavy atom. The monoisotopic (exact) mass is 493 g/mol. The minimum Gasteiger partial charge on any atom is -0.444 e. The van der Waals surface area contributed by atoms with Gasteiger partial charge in [0.15, 0.2) is 11.3 Å². The minimum atomic E-state index is -0.502. The van der Waals surface area contributed by atoms with Crippen molar-refractivity contribution >= 4 is 28.7 Å². The molecule has 0 radical (unpaired) electrons. The Morgan fingerprint density at radius 1 is 1.03 bits per heavy atom. The number of amides is 1. The molecule has 0 bridgehead atoms. The number of nitrogens with two attached hydrogens (primary N) is 1. The Bertz CT molecular complexity index is 1440. The van der Waals surface area contributed by atoms with E-state index in [0.717, 1.165) is 25.2 Å². The number of rotatable bonds is 5. The standard InChI is InChI=1S/C24H31N9O3/c1-24(2,3)36-23(35)30-12-9-29(10-13-30)11-14-31-19-18(15-26-31)20-28-32(16-17-7-5-4-6-8-17)22(34)33(20)21(25)27-19/h4-8,15H,9-14,16H2,1-3H3,(H2,25,27). The van der Waals surface area contributed by atoms with Gasteiger partial charge in [-0.2, -0.15) is 10.1 Å². The lowest BCUT2D eigenvalue weighted by Crippen LogP contribution is -2.50. The summed E-state index contributed by atoms with van der Waals surface area (Å²) in [7, 11) is 0. The first kappa shape index (κ1) is 23.8. The van der Waals surface area contributed by atoms with E-state index in [1.165, 1.54) is 9.08 Å². The zero-order valence-electron chi connectivity index (χ0n) is 20.8. The van der Waals surface area contributed by atoms with Crippen LogP contribution >= 0.6 is 0 Å². The highest BCUT2D eigenvalue weighted by Gasteiger charge is 2.26. The van der Waals surface area contributed by atoms with Crippen LogP contribution in [-0.2, 0) is 17.8 Å². The molecular weight excluding hydrogens is 462 g/mol. The number of anilines is 1. The first-order chi connectivity index (χ1) is 17.2. The molecule has 3 aromatic heterocycles. The molecule has 0 atom stereocenters. The van der Waals surface area contributed by atoms with Gasteiger partial charge in [-0.3, -0.25) is 4.90 Å². The predicted molar refractivity (Wildman–Crippen MR) is 135 cm³/mol. The lowest BCUT2D eigenvalue weighted by atomic mass is 10.2. The van der Waals surface area contributed by atoms with Crippen LogP contribution < -0.4 is 11.4 Å². The van der Waals surface area contributed by atoms with E-state index in [4.69, 9.17) is 10.5 Å². The van der Waals surface area contributed by atoms with Crippen molar-refractivity contribution in [2.75, 3.05) is 38.5 Å². The van der Waals surface area contributed by atoms with E-state index >= 15 is 0 Å². The normalized spacial score (nSPS) is 15.1. The molecule has 0 unspecified atom stereocenters. The van der Waals surface area contributed by atoms with E-state index in [1.807, 2.05) is 51.1 Å². The van der Waals surface area contributed by atoms with Gasteiger partial charge in [0, 0.05) is 32.7 Å². The van der Waals surface area contributed by atoms with Gasteiger partial charge in [0.05, 0.1) is 24.7 Å². The van der Waals surface area contributed by atoms with Gasteiger partial charge in [-0.05, 0) is 26.3 Å². The number of fused-ring (bicyclic) bond motifs is 3. The number of nitrogen functional groups attached to an aromatic ring is 1. The van der Waals surface area contributed by atoms with Crippen LogP contribution in [0.5, 0.6) is 0 Å². The van der Waals surface area contributed by atoms with E-state index in [9.17, 15) is 9.59 Å². The Labute approximate surface area is 207 Å². The third kappa shape index (κ3) is 4.76.